The zero-order valence-electron chi connectivity index (χ0n) is 14.3. The molecule has 4 rings (SSSR count). The highest BCUT2D eigenvalue weighted by molar-refractivity contribution is 6.30. The standard InChI is InChI=1S/C21H17ClFN3O/c22-16-5-3-4-14(12-16)13-24-21(27)19-18-6-1-2-11-26(18)20(25-19)15-7-9-17(23)10-8-15/h1-12,20,25H,13H2,(H,24,27). The monoisotopic (exact) mass is 381 g/mol. The van der Waals surface area contributed by atoms with Crippen molar-refractivity contribution in [2.24, 2.45) is 0 Å². The molecule has 136 valence electrons. The van der Waals surface area contributed by atoms with E-state index in [0.717, 1.165) is 16.8 Å². The molecule has 2 aromatic rings. The Kier molecular flexibility index (Phi) is 4.69. The Morgan fingerprint density at radius 2 is 2.00 bits per heavy atom. The third kappa shape index (κ3) is 3.59. The van der Waals surface area contributed by atoms with Gasteiger partial charge in [0.2, 0.25) is 0 Å². The van der Waals surface area contributed by atoms with E-state index < -0.39 is 0 Å². The first-order chi connectivity index (χ1) is 13.1. The molecule has 0 bridgehead atoms. The fourth-order valence-corrected chi connectivity index (χ4v) is 3.37. The Bertz CT molecular complexity index is 966. The van der Waals surface area contributed by atoms with Crippen LogP contribution in [0, 0.1) is 5.82 Å². The number of fused-ring (bicyclic) bond motifs is 1. The highest BCUT2D eigenvalue weighted by Gasteiger charge is 2.33. The van der Waals surface area contributed by atoms with Crippen LogP contribution in [0.4, 0.5) is 4.39 Å². The summed E-state index contributed by atoms with van der Waals surface area (Å²) in [4.78, 5) is 14.7. The summed E-state index contributed by atoms with van der Waals surface area (Å²) in [5.74, 6) is -0.502. The van der Waals surface area contributed by atoms with Crippen LogP contribution in [0.1, 0.15) is 17.3 Å². The van der Waals surface area contributed by atoms with Crippen molar-refractivity contribution in [1.29, 1.82) is 0 Å². The van der Waals surface area contributed by atoms with Gasteiger partial charge in [-0.25, -0.2) is 4.39 Å². The van der Waals surface area contributed by atoms with Crippen molar-refractivity contribution in [2.45, 2.75) is 12.7 Å². The van der Waals surface area contributed by atoms with Gasteiger partial charge in [-0.1, -0.05) is 41.9 Å². The molecule has 27 heavy (non-hydrogen) atoms. The fourth-order valence-electron chi connectivity index (χ4n) is 3.16. The van der Waals surface area contributed by atoms with Crippen LogP contribution < -0.4 is 10.6 Å². The third-order valence-corrected chi connectivity index (χ3v) is 4.70. The largest absolute Gasteiger partial charge is 0.355 e. The zero-order chi connectivity index (χ0) is 18.8. The van der Waals surface area contributed by atoms with Gasteiger partial charge in [0.1, 0.15) is 17.7 Å². The van der Waals surface area contributed by atoms with Gasteiger partial charge in [0.25, 0.3) is 5.91 Å². The lowest BCUT2D eigenvalue weighted by Gasteiger charge is -2.26. The summed E-state index contributed by atoms with van der Waals surface area (Å²) in [5.41, 5.74) is 3.04. The topological polar surface area (TPSA) is 44.4 Å². The second kappa shape index (κ2) is 7.29. The molecule has 2 aromatic carbocycles. The van der Waals surface area contributed by atoms with Crippen molar-refractivity contribution in [1.82, 2.24) is 15.5 Å². The lowest BCUT2D eigenvalue weighted by atomic mass is 10.1. The predicted octanol–water partition coefficient (Wildman–Crippen LogP) is 3.99. The Balaban J connectivity index is 1.54. The molecular formula is C21H17ClFN3O. The van der Waals surface area contributed by atoms with Gasteiger partial charge in [-0.15, -0.1) is 0 Å². The number of amides is 1. The van der Waals surface area contributed by atoms with Crippen LogP contribution in [-0.2, 0) is 11.3 Å². The molecule has 0 fully saturated rings. The van der Waals surface area contributed by atoms with E-state index in [1.54, 1.807) is 18.2 Å². The molecule has 1 amide bonds. The first-order valence-corrected chi connectivity index (χ1v) is 8.92. The van der Waals surface area contributed by atoms with Crippen LogP contribution in [0.2, 0.25) is 5.02 Å². The Morgan fingerprint density at radius 3 is 2.78 bits per heavy atom. The van der Waals surface area contributed by atoms with E-state index in [-0.39, 0.29) is 17.9 Å². The van der Waals surface area contributed by atoms with Gasteiger partial charge in [-0.05, 0) is 47.5 Å². The number of carbonyl (C=O) groups is 1. The first-order valence-electron chi connectivity index (χ1n) is 8.54. The predicted molar refractivity (Wildman–Crippen MR) is 103 cm³/mol. The normalized spacial score (nSPS) is 17.7. The number of hydrogen-bond donors (Lipinski definition) is 2. The van der Waals surface area contributed by atoms with Crippen molar-refractivity contribution < 1.29 is 9.18 Å². The van der Waals surface area contributed by atoms with Gasteiger partial charge in [0.05, 0.1) is 5.70 Å². The molecule has 1 unspecified atom stereocenters. The van der Waals surface area contributed by atoms with Crippen LogP contribution >= 0.6 is 11.6 Å². The van der Waals surface area contributed by atoms with Gasteiger partial charge in [0.15, 0.2) is 0 Å². The van der Waals surface area contributed by atoms with Crippen molar-refractivity contribution in [3.63, 3.8) is 0 Å². The van der Waals surface area contributed by atoms with E-state index in [1.165, 1.54) is 12.1 Å². The number of allylic oxidation sites excluding steroid dienone is 3. The number of rotatable bonds is 4. The molecule has 4 nitrogen and oxygen atoms in total. The lowest BCUT2D eigenvalue weighted by molar-refractivity contribution is -0.118. The van der Waals surface area contributed by atoms with Crippen LogP contribution in [-0.4, -0.2) is 10.8 Å². The van der Waals surface area contributed by atoms with E-state index in [4.69, 9.17) is 11.6 Å². The fraction of sp³-hybridized carbons (Fsp3) is 0.0952. The summed E-state index contributed by atoms with van der Waals surface area (Å²) >= 11 is 5.99. The molecule has 2 aliphatic rings. The van der Waals surface area contributed by atoms with E-state index in [2.05, 4.69) is 10.6 Å². The second-order valence-electron chi connectivity index (χ2n) is 6.28. The number of nitrogens with zero attached hydrogens (tertiary/aromatic N) is 1. The van der Waals surface area contributed by atoms with Crippen LogP contribution in [0.15, 0.2) is 84.4 Å². The van der Waals surface area contributed by atoms with E-state index in [0.29, 0.717) is 17.3 Å². The summed E-state index contributed by atoms with van der Waals surface area (Å²) in [5, 5.41) is 6.81. The number of benzene rings is 2. The maximum absolute atomic E-state index is 13.3. The van der Waals surface area contributed by atoms with Crippen molar-refractivity contribution >= 4 is 17.5 Å². The Hall–Kier alpha value is -3.05. The molecular weight excluding hydrogens is 365 g/mol. The summed E-state index contributed by atoms with van der Waals surface area (Å²) in [6, 6.07) is 13.6. The number of hydrogen-bond acceptors (Lipinski definition) is 3. The maximum atomic E-state index is 13.3. The molecule has 0 spiro atoms. The summed E-state index contributed by atoms with van der Waals surface area (Å²) < 4.78 is 13.3. The van der Waals surface area contributed by atoms with Crippen LogP contribution in [0.25, 0.3) is 0 Å². The molecule has 2 aliphatic heterocycles. The Morgan fingerprint density at radius 1 is 1.19 bits per heavy atom. The molecule has 6 heteroatoms. The summed E-state index contributed by atoms with van der Waals surface area (Å²) in [6.45, 7) is 0.374. The lowest BCUT2D eigenvalue weighted by Crippen LogP contribution is -2.31. The van der Waals surface area contributed by atoms with Gasteiger partial charge in [0, 0.05) is 17.8 Å². The minimum atomic E-state index is -0.293. The first kappa shape index (κ1) is 17.4. The average molecular weight is 382 g/mol. The zero-order valence-corrected chi connectivity index (χ0v) is 15.1. The van der Waals surface area contributed by atoms with E-state index in [1.807, 2.05) is 47.5 Å². The maximum Gasteiger partial charge on any atom is 0.269 e. The molecule has 0 saturated heterocycles. The molecule has 0 radical (unpaired) electrons. The molecule has 2 N–H and O–H groups in total. The minimum Gasteiger partial charge on any atom is -0.355 e. The van der Waals surface area contributed by atoms with Gasteiger partial charge < -0.3 is 15.5 Å². The van der Waals surface area contributed by atoms with E-state index in [9.17, 15) is 9.18 Å². The molecule has 0 aromatic heterocycles. The van der Waals surface area contributed by atoms with Gasteiger partial charge in [-0.2, -0.15) is 0 Å². The molecule has 0 saturated carbocycles. The smallest absolute Gasteiger partial charge is 0.269 e. The number of nitrogens with one attached hydrogen (secondary N) is 2. The quantitative estimate of drug-likeness (QED) is 0.841. The average Bonchev–Trinajstić information content (AvgIpc) is 3.07. The SMILES string of the molecule is O=C(NCc1cccc(Cl)c1)C1=C2C=CC=CN2C(c2ccc(F)cc2)N1. The second-order valence-corrected chi connectivity index (χ2v) is 6.72. The summed E-state index contributed by atoms with van der Waals surface area (Å²) in [6.07, 6.45) is 7.28. The number of carbonyl (C=O) groups excluding carboxylic acids is 1. The van der Waals surface area contributed by atoms with Crippen molar-refractivity contribution in [3.05, 3.63) is 106 Å². The number of halogens is 2. The van der Waals surface area contributed by atoms with Crippen LogP contribution in [0.5, 0.6) is 0 Å². The van der Waals surface area contributed by atoms with Gasteiger partial charge in [-0.3, -0.25) is 4.79 Å². The van der Waals surface area contributed by atoms with Crippen molar-refractivity contribution in [3.8, 4) is 0 Å². The molecule has 0 aliphatic carbocycles. The highest BCUT2D eigenvalue weighted by Crippen LogP contribution is 2.33. The molecule has 2 heterocycles. The summed E-state index contributed by atoms with van der Waals surface area (Å²) in [7, 11) is 0. The van der Waals surface area contributed by atoms with Crippen LogP contribution in [0.3, 0.4) is 0 Å². The third-order valence-electron chi connectivity index (χ3n) is 4.46. The van der Waals surface area contributed by atoms with Gasteiger partial charge >= 0.3 is 0 Å². The highest BCUT2D eigenvalue weighted by atomic mass is 35.5. The Labute approximate surface area is 161 Å². The van der Waals surface area contributed by atoms with E-state index >= 15 is 0 Å². The molecule has 1 atom stereocenters. The minimum absolute atomic E-state index is 0.209. The van der Waals surface area contributed by atoms with Crippen molar-refractivity contribution in [2.75, 3.05) is 0 Å².